The van der Waals surface area contributed by atoms with Gasteiger partial charge in [-0.1, -0.05) is 24.3 Å². The number of carboxylic acid groups (broad SMARTS) is 1. The van der Waals surface area contributed by atoms with Crippen LogP contribution in [0.15, 0.2) is 54.6 Å². The minimum absolute atomic E-state index is 0.0803. The number of rotatable bonds is 8. The van der Waals surface area contributed by atoms with E-state index in [0.29, 0.717) is 38.5 Å². The first-order valence-corrected chi connectivity index (χ1v) is 16.0. The smallest absolute Gasteiger partial charge is 0.304 e. The van der Waals surface area contributed by atoms with Crippen LogP contribution in [0, 0.1) is 5.92 Å². The molecule has 0 radical (unpaired) electrons. The Morgan fingerprint density at radius 3 is 2.62 bits per heavy atom. The predicted octanol–water partition coefficient (Wildman–Crippen LogP) is 5.61. The largest absolute Gasteiger partial charge is 0.493 e. The van der Waals surface area contributed by atoms with Gasteiger partial charge in [0, 0.05) is 29.8 Å². The van der Waals surface area contributed by atoms with Crippen LogP contribution in [0.5, 0.6) is 11.5 Å². The molecule has 0 saturated carbocycles. The van der Waals surface area contributed by atoms with Gasteiger partial charge in [-0.25, -0.2) is 8.42 Å². The molecule has 3 aromatic rings. The molecule has 8 heteroatoms. The van der Waals surface area contributed by atoms with Crippen LogP contribution in [0.1, 0.15) is 53.9 Å². The van der Waals surface area contributed by atoms with E-state index < -0.39 is 15.8 Å². The zero-order valence-corrected chi connectivity index (χ0v) is 23.3. The summed E-state index contributed by atoms with van der Waals surface area (Å²) in [5.41, 5.74) is 8.26. The Morgan fingerprint density at radius 1 is 0.975 bits per heavy atom. The molecule has 1 saturated heterocycles. The number of fused-ring (bicyclic) bond motifs is 4. The van der Waals surface area contributed by atoms with Crippen molar-refractivity contribution >= 4 is 21.5 Å². The molecule has 210 valence electrons. The molecule has 7 nitrogen and oxygen atoms in total. The summed E-state index contributed by atoms with van der Waals surface area (Å²) >= 11 is 0. The number of carbonyl (C=O) groups is 1. The number of hydrogen-bond donors (Lipinski definition) is 2. The first-order chi connectivity index (χ1) is 19.3. The lowest BCUT2D eigenvalue weighted by Gasteiger charge is -2.22. The van der Waals surface area contributed by atoms with Gasteiger partial charge in [-0.05, 0) is 90.1 Å². The van der Waals surface area contributed by atoms with Crippen LogP contribution in [-0.4, -0.2) is 44.2 Å². The predicted molar refractivity (Wildman–Crippen MR) is 155 cm³/mol. The highest BCUT2D eigenvalue weighted by Crippen LogP contribution is 2.38. The Bertz CT molecular complexity index is 1520. The van der Waals surface area contributed by atoms with Gasteiger partial charge in [-0.2, -0.15) is 0 Å². The average Bonchev–Trinajstić information content (AvgIpc) is 3.23. The first-order valence-electron chi connectivity index (χ1n) is 14.1. The van der Waals surface area contributed by atoms with Crippen molar-refractivity contribution in [1.82, 2.24) is 0 Å². The molecule has 1 aliphatic carbocycles. The van der Waals surface area contributed by atoms with Crippen LogP contribution in [0.4, 0.5) is 5.69 Å². The van der Waals surface area contributed by atoms with Crippen LogP contribution in [0.3, 0.4) is 0 Å². The quantitative estimate of drug-likeness (QED) is 0.369. The van der Waals surface area contributed by atoms with E-state index in [1.807, 2.05) is 24.3 Å². The molecule has 0 unspecified atom stereocenters. The van der Waals surface area contributed by atoms with Crippen molar-refractivity contribution in [2.45, 2.75) is 51.0 Å². The molecule has 40 heavy (non-hydrogen) atoms. The van der Waals surface area contributed by atoms with Gasteiger partial charge in [0.1, 0.15) is 21.3 Å². The monoisotopic (exact) mass is 561 g/mol. The minimum atomic E-state index is -2.86. The molecule has 1 fully saturated rings. The summed E-state index contributed by atoms with van der Waals surface area (Å²) in [6.45, 7) is 1.64. The summed E-state index contributed by atoms with van der Waals surface area (Å²) in [6, 6.07) is 19.0. The fourth-order valence-corrected chi connectivity index (χ4v) is 7.68. The minimum Gasteiger partial charge on any atom is -0.493 e. The molecule has 0 spiro atoms. The molecule has 2 heterocycles. The van der Waals surface area contributed by atoms with Crippen LogP contribution < -0.4 is 14.8 Å². The van der Waals surface area contributed by atoms with E-state index in [2.05, 4.69) is 35.6 Å². The maximum absolute atomic E-state index is 11.7. The molecule has 3 aromatic carbocycles. The van der Waals surface area contributed by atoms with E-state index >= 15 is 0 Å². The summed E-state index contributed by atoms with van der Waals surface area (Å²) in [6.07, 6.45) is 4.55. The van der Waals surface area contributed by atoms with Gasteiger partial charge in [0.2, 0.25) is 0 Å². The van der Waals surface area contributed by atoms with Gasteiger partial charge in [0.05, 0.1) is 31.1 Å². The fourth-order valence-electron chi connectivity index (χ4n) is 6.09. The van der Waals surface area contributed by atoms with Gasteiger partial charge in [0.25, 0.3) is 0 Å². The molecular weight excluding hydrogens is 526 g/mol. The molecular formula is C32H35NO6S. The van der Waals surface area contributed by atoms with E-state index in [1.165, 1.54) is 27.8 Å². The lowest BCUT2D eigenvalue weighted by Crippen LogP contribution is -2.26. The third kappa shape index (κ3) is 5.97. The highest BCUT2D eigenvalue weighted by Gasteiger charge is 2.27. The summed E-state index contributed by atoms with van der Waals surface area (Å²) in [5.74, 6) is 1.55. The zero-order chi connectivity index (χ0) is 27.7. The number of ether oxygens (including phenoxy) is 2. The third-order valence-corrected chi connectivity index (χ3v) is 10.1. The molecule has 0 amide bonds. The van der Waals surface area contributed by atoms with Crippen molar-refractivity contribution in [3.8, 4) is 22.6 Å². The van der Waals surface area contributed by atoms with E-state index in [9.17, 15) is 13.2 Å². The lowest BCUT2D eigenvalue weighted by molar-refractivity contribution is -0.137. The van der Waals surface area contributed by atoms with Crippen LogP contribution in [0.25, 0.3) is 11.1 Å². The Balaban J connectivity index is 1.13. The highest BCUT2D eigenvalue weighted by atomic mass is 32.2. The Morgan fingerprint density at radius 2 is 1.80 bits per heavy atom. The standard InChI is InChI=1S/C32H35NO6S/c34-32(35)16-25-20-39-31-17-26(6-8-29(25)31)33-18-22-4-5-23-2-1-3-24-15-27(7-9-28(24)30(23)14-22)38-19-21-10-12-40(36,37)13-11-21/h4-9,14-15,17,21,25,33H,1-3,10-13,16,18-20H2,(H,34,35)/t25-/m1/s1. The second kappa shape index (κ2) is 11.2. The molecule has 2 N–H and O–H groups in total. The SMILES string of the molecule is O=C(O)C[C@@H]1COc2cc(NCc3ccc4c(c3)-c3ccc(OCC5CCS(=O)(=O)CC5)cc3CCC4)ccc21. The fraction of sp³-hybridized carbons (Fsp3) is 0.406. The number of carboxylic acids is 1. The molecule has 2 aliphatic heterocycles. The highest BCUT2D eigenvalue weighted by molar-refractivity contribution is 7.91. The first kappa shape index (κ1) is 26.7. The normalized spacial score (nSPS) is 19.4. The van der Waals surface area contributed by atoms with Gasteiger partial charge in [-0.3, -0.25) is 4.79 Å². The van der Waals surface area contributed by atoms with Crippen LogP contribution in [0.2, 0.25) is 0 Å². The van der Waals surface area contributed by atoms with Crippen molar-refractivity contribution < 1.29 is 27.8 Å². The van der Waals surface area contributed by atoms with Gasteiger partial charge in [0.15, 0.2) is 0 Å². The molecule has 1 atom stereocenters. The maximum atomic E-state index is 11.7. The summed E-state index contributed by atoms with van der Waals surface area (Å²) in [5, 5.41) is 12.6. The van der Waals surface area contributed by atoms with Gasteiger partial charge < -0.3 is 19.9 Å². The number of aryl methyl sites for hydroxylation is 2. The van der Waals surface area contributed by atoms with Crippen molar-refractivity contribution in [3.63, 3.8) is 0 Å². The van der Waals surface area contributed by atoms with Gasteiger partial charge >= 0.3 is 5.97 Å². The number of nitrogens with one attached hydrogen (secondary N) is 1. The summed E-state index contributed by atoms with van der Waals surface area (Å²) < 4.78 is 35.3. The zero-order valence-electron chi connectivity index (χ0n) is 22.5. The Kier molecular flexibility index (Phi) is 7.45. The number of sulfone groups is 1. The molecule has 0 bridgehead atoms. The summed E-state index contributed by atoms with van der Waals surface area (Å²) in [7, 11) is -2.86. The van der Waals surface area contributed by atoms with Crippen molar-refractivity contribution in [2.24, 2.45) is 5.92 Å². The van der Waals surface area contributed by atoms with Crippen LogP contribution >= 0.6 is 0 Å². The van der Waals surface area contributed by atoms with E-state index in [1.54, 1.807) is 0 Å². The Hall–Kier alpha value is -3.52. The maximum Gasteiger partial charge on any atom is 0.304 e. The van der Waals surface area contributed by atoms with E-state index in [0.717, 1.165) is 42.0 Å². The number of benzene rings is 3. The van der Waals surface area contributed by atoms with Crippen molar-refractivity contribution in [1.29, 1.82) is 0 Å². The molecule has 3 aliphatic rings. The lowest BCUT2D eigenvalue weighted by atomic mass is 9.94. The second-order valence-corrected chi connectivity index (χ2v) is 13.6. The topological polar surface area (TPSA) is 102 Å². The third-order valence-electron chi connectivity index (χ3n) is 8.40. The average molecular weight is 562 g/mol. The second-order valence-electron chi connectivity index (χ2n) is 11.3. The van der Waals surface area contributed by atoms with Crippen molar-refractivity contribution in [3.05, 3.63) is 76.9 Å². The van der Waals surface area contributed by atoms with E-state index in [4.69, 9.17) is 14.6 Å². The van der Waals surface area contributed by atoms with Crippen molar-refractivity contribution in [2.75, 3.05) is 30.0 Å². The van der Waals surface area contributed by atoms with Gasteiger partial charge in [-0.15, -0.1) is 0 Å². The Labute approximate surface area is 235 Å². The van der Waals surface area contributed by atoms with Crippen LogP contribution in [-0.2, 0) is 34.0 Å². The summed E-state index contributed by atoms with van der Waals surface area (Å²) in [4.78, 5) is 11.1. The number of aliphatic carboxylic acids is 1. The molecule has 6 rings (SSSR count). The molecule has 0 aromatic heterocycles. The van der Waals surface area contributed by atoms with E-state index in [-0.39, 0.29) is 23.8 Å². The number of hydrogen-bond acceptors (Lipinski definition) is 6. The number of anilines is 1.